The van der Waals surface area contributed by atoms with Crippen molar-refractivity contribution >= 4 is 50.5 Å². The summed E-state index contributed by atoms with van der Waals surface area (Å²) in [5.41, 5.74) is 1.94. The molecule has 0 radical (unpaired) electrons. The van der Waals surface area contributed by atoms with Gasteiger partial charge in [-0.25, -0.2) is 9.37 Å². The molecule has 2 bridgehead atoms. The summed E-state index contributed by atoms with van der Waals surface area (Å²) in [4.78, 5) is 4.47. The molecule has 1 N–H and O–H groups in total. The maximum Gasteiger partial charge on any atom is 0.239 e. The van der Waals surface area contributed by atoms with E-state index in [1.807, 2.05) is 6.07 Å². The van der Waals surface area contributed by atoms with Crippen LogP contribution in [0.25, 0.3) is 10.2 Å². The summed E-state index contributed by atoms with van der Waals surface area (Å²) in [5, 5.41) is 35.4. The second kappa shape index (κ2) is 9.25. The Hall–Kier alpha value is -2.54. The van der Waals surface area contributed by atoms with E-state index in [0.29, 0.717) is 50.5 Å². The number of fused-ring (bicyclic) bond motifs is 3. The highest BCUT2D eigenvalue weighted by molar-refractivity contribution is 7.18. The zero-order valence-electron chi connectivity index (χ0n) is 20.8. The van der Waals surface area contributed by atoms with Gasteiger partial charge in [0.15, 0.2) is 5.82 Å². The second-order valence-electron chi connectivity index (χ2n) is 11.1. The number of allylic oxidation sites excluding steroid dienone is 1. The molecule has 3 aliphatic carbocycles. The lowest BCUT2D eigenvalue weighted by Crippen LogP contribution is -2.43. The Labute approximate surface area is 238 Å². The largest absolute Gasteiger partial charge is 0.618 e. The first-order valence-electron chi connectivity index (χ1n) is 13.1. The highest BCUT2D eigenvalue weighted by atomic mass is 35.5. The molecule has 39 heavy (non-hydrogen) atoms. The Morgan fingerprint density at radius 3 is 2.51 bits per heavy atom. The van der Waals surface area contributed by atoms with Crippen molar-refractivity contribution < 1.29 is 19.0 Å². The molecule has 4 atom stereocenters. The minimum atomic E-state index is -1.17. The third kappa shape index (κ3) is 4.10. The van der Waals surface area contributed by atoms with Crippen molar-refractivity contribution in [2.24, 2.45) is 17.8 Å². The van der Waals surface area contributed by atoms with Gasteiger partial charge in [-0.05, 0) is 74.6 Å². The molecule has 3 aromatic rings. The van der Waals surface area contributed by atoms with Crippen LogP contribution in [0.3, 0.4) is 0 Å². The van der Waals surface area contributed by atoms with Gasteiger partial charge in [-0.15, -0.1) is 11.3 Å². The van der Waals surface area contributed by atoms with Crippen molar-refractivity contribution in [3.8, 4) is 6.07 Å². The number of aromatic nitrogens is 1. The summed E-state index contributed by atoms with van der Waals surface area (Å²) in [7, 11) is 0. The Balaban J connectivity index is 1.12. The van der Waals surface area contributed by atoms with Crippen molar-refractivity contribution in [3.05, 3.63) is 78.8 Å². The number of rotatable bonds is 6. The van der Waals surface area contributed by atoms with Crippen LogP contribution in [0.15, 0.2) is 41.6 Å². The van der Waals surface area contributed by atoms with E-state index in [1.165, 1.54) is 17.4 Å². The van der Waals surface area contributed by atoms with Crippen molar-refractivity contribution in [3.63, 3.8) is 0 Å². The molecule has 0 amide bonds. The first-order chi connectivity index (χ1) is 18.8. The molecule has 0 saturated heterocycles. The number of thiazole rings is 1. The molecule has 3 fully saturated rings. The van der Waals surface area contributed by atoms with Crippen LogP contribution >= 0.6 is 34.5 Å². The number of benzene rings is 2. The molecule has 2 heterocycles. The maximum atomic E-state index is 14.5. The average molecular weight is 585 g/mol. The van der Waals surface area contributed by atoms with Crippen LogP contribution in [0.4, 0.5) is 4.39 Å². The van der Waals surface area contributed by atoms with Crippen LogP contribution in [0.5, 0.6) is 0 Å². The fraction of sp³-hybridized carbons (Fsp3) is 0.414. The monoisotopic (exact) mass is 583 g/mol. The molecule has 1 aromatic heterocycles. The molecule has 200 valence electrons. The first-order valence-corrected chi connectivity index (χ1v) is 14.7. The van der Waals surface area contributed by atoms with Gasteiger partial charge in [0.25, 0.3) is 0 Å². The van der Waals surface area contributed by atoms with Crippen molar-refractivity contribution in [2.75, 3.05) is 6.61 Å². The van der Waals surface area contributed by atoms with E-state index >= 15 is 0 Å². The van der Waals surface area contributed by atoms with Gasteiger partial charge in [-0.2, -0.15) is 10.0 Å². The molecule has 3 unspecified atom stereocenters. The van der Waals surface area contributed by atoms with Gasteiger partial charge in [0.2, 0.25) is 11.4 Å². The van der Waals surface area contributed by atoms with Crippen molar-refractivity contribution in [2.45, 2.75) is 50.2 Å². The summed E-state index contributed by atoms with van der Waals surface area (Å²) in [5.74, 6) is -0.0733. The molecule has 0 spiro atoms. The van der Waals surface area contributed by atoms with E-state index < -0.39 is 11.4 Å². The van der Waals surface area contributed by atoms with E-state index in [4.69, 9.17) is 27.9 Å². The molecule has 3 saturated carbocycles. The molecule has 4 aliphatic rings. The molecule has 10 heteroatoms. The zero-order chi connectivity index (χ0) is 27.1. The van der Waals surface area contributed by atoms with Crippen LogP contribution < -0.4 is 0 Å². The van der Waals surface area contributed by atoms with Gasteiger partial charge >= 0.3 is 0 Å². The number of hydrogen-bond acceptors (Lipinski definition) is 6. The van der Waals surface area contributed by atoms with Gasteiger partial charge in [0.05, 0.1) is 44.7 Å². The minimum Gasteiger partial charge on any atom is -0.618 e. The summed E-state index contributed by atoms with van der Waals surface area (Å²) in [6, 6.07) is 9.99. The van der Waals surface area contributed by atoms with Gasteiger partial charge < -0.3 is 15.1 Å². The lowest BCUT2D eigenvalue weighted by atomic mass is 9.76. The Kier molecular flexibility index (Phi) is 6.03. The predicted molar refractivity (Wildman–Crippen MR) is 147 cm³/mol. The number of nitrogens with zero attached hydrogens (tertiary/aromatic N) is 3. The van der Waals surface area contributed by atoms with E-state index in [0.717, 1.165) is 41.7 Å². The topological polar surface area (TPSA) is 92.2 Å². The molecular formula is C29H24Cl2FN3O3S. The van der Waals surface area contributed by atoms with Gasteiger partial charge in [0, 0.05) is 5.92 Å². The smallest absolute Gasteiger partial charge is 0.239 e. The second-order valence-corrected chi connectivity index (χ2v) is 13.0. The summed E-state index contributed by atoms with van der Waals surface area (Å²) < 4.78 is 22.6. The highest BCUT2D eigenvalue weighted by Crippen LogP contribution is 2.53. The number of hydroxylamine groups is 1. The maximum absolute atomic E-state index is 14.5. The minimum absolute atomic E-state index is 0.0572. The lowest BCUT2D eigenvalue weighted by Gasteiger charge is -2.40. The number of aliphatic hydroxyl groups is 1. The predicted octanol–water partition coefficient (Wildman–Crippen LogP) is 6.68. The number of hydrogen-bond donors (Lipinski definition) is 1. The van der Waals surface area contributed by atoms with Crippen molar-refractivity contribution in [1.82, 2.24) is 4.98 Å². The van der Waals surface area contributed by atoms with E-state index in [-0.39, 0.29) is 34.9 Å². The Morgan fingerprint density at radius 2 is 1.87 bits per heavy atom. The first kappa shape index (κ1) is 25.4. The third-order valence-corrected chi connectivity index (χ3v) is 10.4. The molecule has 2 aromatic carbocycles. The summed E-state index contributed by atoms with van der Waals surface area (Å²) >= 11 is 14.2. The standard InChI is InChI=1S/C29H24Cl2FN3O3S/c30-19-2-1-3-20(31)23(19)26-18(25(35(26)37)15-4-5-15)13-38-27-16-6-7-17(27)11-29(36,10-16)28-34-24-21(32)8-14(12-33)9-22(24)39-28/h1-3,8-9,15-17,27,36H,4-7,10-11,13H2/t16-,17?,27?,29?/m0/s1. The van der Waals surface area contributed by atoms with E-state index in [2.05, 4.69) is 4.98 Å². The van der Waals surface area contributed by atoms with E-state index in [1.54, 1.807) is 24.3 Å². The van der Waals surface area contributed by atoms with Crippen LogP contribution in [-0.2, 0) is 10.3 Å². The third-order valence-electron chi connectivity index (χ3n) is 8.61. The normalized spacial score (nSPS) is 28.2. The Bertz CT molecular complexity index is 1610. The van der Waals surface area contributed by atoms with Gasteiger partial charge in [-0.1, -0.05) is 29.3 Å². The van der Waals surface area contributed by atoms with Crippen LogP contribution in [0, 0.1) is 40.1 Å². The number of ether oxygens (including phenoxy) is 1. The summed E-state index contributed by atoms with van der Waals surface area (Å²) in [6.45, 7) is 0.292. The lowest BCUT2D eigenvalue weighted by molar-refractivity contribution is -0.422. The quantitative estimate of drug-likeness (QED) is 0.258. The molecular weight excluding hydrogens is 560 g/mol. The van der Waals surface area contributed by atoms with Crippen LogP contribution in [-0.4, -0.2) is 33.3 Å². The average Bonchev–Trinajstić information content (AvgIpc) is 3.56. The molecule has 7 rings (SSSR count). The van der Waals surface area contributed by atoms with Gasteiger partial charge in [0.1, 0.15) is 21.7 Å². The Morgan fingerprint density at radius 1 is 1.18 bits per heavy atom. The van der Waals surface area contributed by atoms with Gasteiger partial charge in [-0.3, -0.25) is 0 Å². The summed E-state index contributed by atoms with van der Waals surface area (Å²) in [6.07, 6.45) is 4.70. The fourth-order valence-electron chi connectivity index (χ4n) is 6.73. The zero-order valence-corrected chi connectivity index (χ0v) is 23.1. The fourth-order valence-corrected chi connectivity index (χ4v) is 8.43. The van der Waals surface area contributed by atoms with Crippen LogP contribution in [0.1, 0.15) is 54.7 Å². The molecule has 1 aliphatic heterocycles. The SMILES string of the molecule is N#Cc1cc(F)c2nc(C3(O)CC4CC[C@@H](C3)C4OCC3=C(C4CC4)[N+]([O-])=C3c3c(Cl)cccc3Cl)sc2c1. The van der Waals surface area contributed by atoms with Crippen LogP contribution in [0.2, 0.25) is 10.0 Å². The van der Waals surface area contributed by atoms with E-state index in [9.17, 15) is 20.0 Å². The molecule has 6 nitrogen and oxygen atoms in total. The van der Waals surface area contributed by atoms with Crippen molar-refractivity contribution in [1.29, 1.82) is 5.26 Å². The number of nitriles is 1. The highest BCUT2D eigenvalue weighted by Gasteiger charge is 2.53. The number of halogens is 3.